The van der Waals surface area contributed by atoms with E-state index in [2.05, 4.69) is 0 Å². The number of hydrogen-bond donors (Lipinski definition) is 3. The third-order valence-electron chi connectivity index (χ3n) is 6.04. The number of fused-ring (bicyclic) bond motifs is 2. The van der Waals surface area contributed by atoms with Gasteiger partial charge in [-0.15, -0.1) is 0 Å². The molecule has 2 unspecified atom stereocenters. The van der Waals surface area contributed by atoms with Crippen LogP contribution in [0.3, 0.4) is 0 Å². The molecule has 0 saturated carbocycles. The van der Waals surface area contributed by atoms with E-state index in [0.29, 0.717) is 29.0 Å². The summed E-state index contributed by atoms with van der Waals surface area (Å²) in [6.45, 7) is 5.84. The molecule has 2 aromatic rings. The van der Waals surface area contributed by atoms with Crippen LogP contribution in [0.1, 0.15) is 54.2 Å². The van der Waals surface area contributed by atoms with Crippen LogP contribution in [0.5, 0.6) is 11.5 Å². The molecule has 4 rings (SSSR count). The molecule has 0 saturated heterocycles. The Morgan fingerprint density at radius 2 is 1.29 bits per heavy atom. The number of carboxylic acids is 1. The minimum atomic E-state index is -1.08. The Morgan fingerprint density at radius 3 is 1.66 bits per heavy atom. The summed E-state index contributed by atoms with van der Waals surface area (Å²) in [6.07, 6.45) is -1.11. The van der Waals surface area contributed by atoms with Crippen LogP contribution >= 0.6 is 0 Å². The zero-order chi connectivity index (χ0) is 26.6. The number of rotatable bonds is 7. The fourth-order valence-corrected chi connectivity index (χ4v) is 4.53. The molecule has 200 valence electrons. The first-order chi connectivity index (χ1) is 17.1. The predicted molar refractivity (Wildman–Crippen MR) is 134 cm³/mol. The van der Waals surface area contributed by atoms with E-state index in [4.69, 9.17) is 28.6 Å². The van der Waals surface area contributed by atoms with Gasteiger partial charge in [-0.2, -0.15) is 0 Å². The van der Waals surface area contributed by atoms with Crippen molar-refractivity contribution in [1.29, 1.82) is 0 Å². The van der Waals surface area contributed by atoms with Crippen molar-refractivity contribution in [3.63, 3.8) is 0 Å². The first-order valence-corrected chi connectivity index (χ1v) is 11.5. The van der Waals surface area contributed by atoms with Crippen molar-refractivity contribution in [3.8, 4) is 11.5 Å². The number of esters is 1. The fourth-order valence-electron chi connectivity index (χ4n) is 4.53. The molecule has 2 aliphatic heterocycles. The SMILES string of the molecule is CCOC(=O)CC1OB(O)c2cc(OC)cc(C)c21.COc1cc(C)c2c(c1)B(O)OC2CC(=O)O.[Li+].[OH-]. The number of carbonyl (C=O) groups excluding carboxylic acids is 1. The van der Waals surface area contributed by atoms with Crippen LogP contribution in [-0.4, -0.2) is 67.6 Å². The van der Waals surface area contributed by atoms with E-state index in [0.717, 1.165) is 22.3 Å². The van der Waals surface area contributed by atoms with E-state index >= 15 is 0 Å². The maximum absolute atomic E-state index is 11.5. The average molecular weight is 524 g/mol. The molecular formula is C24H31B2LiO11. The van der Waals surface area contributed by atoms with Crippen molar-refractivity contribution < 1.29 is 72.6 Å². The summed E-state index contributed by atoms with van der Waals surface area (Å²) in [4.78, 5) is 22.3. The third-order valence-corrected chi connectivity index (χ3v) is 6.04. The van der Waals surface area contributed by atoms with Gasteiger partial charge in [0.2, 0.25) is 0 Å². The first-order valence-electron chi connectivity index (χ1n) is 11.5. The van der Waals surface area contributed by atoms with E-state index < -0.39 is 32.4 Å². The smallest absolute Gasteiger partial charge is 0.870 e. The third kappa shape index (κ3) is 7.54. The molecule has 0 spiro atoms. The topological polar surface area (TPSA) is 171 Å². The summed E-state index contributed by atoms with van der Waals surface area (Å²) in [5.41, 5.74) is 4.64. The molecule has 0 fully saturated rings. The number of hydrogen-bond acceptors (Lipinski definition) is 10. The maximum atomic E-state index is 11.5. The molecule has 4 N–H and O–H groups in total. The van der Waals surface area contributed by atoms with Crippen molar-refractivity contribution >= 4 is 37.1 Å². The molecular weight excluding hydrogens is 493 g/mol. The van der Waals surface area contributed by atoms with Gasteiger partial charge in [0.1, 0.15) is 11.5 Å². The van der Waals surface area contributed by atoms with Gasteiger partial charge >= 0.3 is 45.0 Å². The summed E-state index contributed by atoms with van der Waals surface area (Å²) in [7, 11) is 1.00. The van der Waals surface area contributed by atoms with Gasteiger partial charge in [-0.1, -0.05) is 0 Å². The number of benzene rings is 2. The van der Waals surface area contributed by atoms with Crippen molar-refractivity contribution in [2.75, 3.05) is 20.8 Å². The maximum Gasteiger partial charge on any atom is 1.00 e. The van der Waals surface area contributed by atoms with E-state index in [1.807, 2.05) is 19.9 Å². The second kappa shape index (κ2) is 14.6. The summed E-state index contributed by atoms with van der Waals surface area (Å²) in [5, 5.41) is 28.4. The molecule has 2 aliphatic rings. The van der Waals surface area contributed by atoms with E-state index in [1.165, 1.54) is 7.11 Å². The average Bonchev–Trinajstić information content (AvgIpc) is 3.30. The summed E-state index contributed by atoms with van der Waals surface area (Å²) in [6, 6.07) is 7.07. The van der Waals surface area contributed by atoms with Gasteiger partial charge in [-0.05, 0) is 78.2 Å². The van der Waals surface area contributed by atoms with Crippen LogP contribution in [0.25, 0.3) is 0 Å². The van der Waals surface area contributed by atoms with Crippen molar-refractivity contribution in [2.24, 2.45) is 0 Å². The van der Waals surface area contributed by atoms with Crippen molar-refractivity contribution in [1.82, 2.24) is 0 Å². The molecule has 38 heavy (non-hydrogen) atoms. The largest absolute Gasteiger partial charge is 1.00 e. The number of ether oxygens (including phenoxy) is 3. The summed E-state index contributed by atoms with van der Waals surface area (Å²) < 4.78 is 25.9. The fraction of sp³-hybridized carbons (Fsp3) is 0.417. The Bertz CT molecular complexity index is 1130. The summed E-state index contributed by atoms with van der Waals surface area (Å²) >= 11 is 0. The van der Waals surface area contributed by atoms with Gasteiger partial charge in [0.15, 0.2) is 0 Å². The van der Waals surface area contributed by atoms with Crippen molar-refractivity contribution in [2.45, 2.75) is 45.8 Å². The number of aryl methyl sites for hydroxylation is 2. The minimum absolute atomic E-state index is 0. The Balaban J connectivity index is 0.000000363. The van der Waals surface area contributed by atoms with Gasteiger partial charge in [0.25, 0.3) is 0 Å². The van der Waals surface area contributed by atoms with E-state index in [1.54, 1.807) is 32.2 Å². The van der Waals surface area contributed by atoms with E-state index in [9.17, 15) is 19.6 Å². The van der Waals surface area contributed by atoms with Crippen LogP contribution in [0.15, 0.2) is 24.3 Å². The summed E-state index contributed by atoms with van der Waals surface area (Å²) in [5.74, 6) is 0.00333. The Labute approximate surface area is 234 Å². The molecule has 0 aromatic heterocycles. The van der Waals surface area contributed by atoms with Gasteiger partial charge in [-0.3, -0.25) is 9.59 Å². The molecule has 0 aliphatic carbocycles. The Hall–Kier alpha value is -2.49. The van der Waals surface area contributed by atoms with E-state index in [-0.39, 0.29) is 43.1 Å². The molecule has 2 heterocycles. The predicted octanol–water partition coefficient (Wildman–Crippen LogP) is -2.22. The number of methoxy groups -OCH3 is 2. The van der Waals surface area contributed by atoms with Gasteiger partial charge in [-0.25, -0.2) is 0 Å². The number of carboxylic acid groups (broad SMARTS) is 1. The van der Waals surface area contributed by atoms with Crippen LogP contribution in [0, 0.1) is 13.8 Å². The van der Waals surface area contributed by atoms with Crippen LogP contribution in [0.4, 0.5) is 0 Å². The molecule has 2 aromatic carbocycles. The second-order valence-corrected chi connectivity index (χ2v) is 8.46. The minimum Gasteiger partial charge on any atom is -0.870 e. The molecule has 2 atom stereocenters. The van der Waals surface area contributed by atoms with Gasteiger partial charge in [0.05, 0.1) is 45.9 Å². The Morgan fingerprint density at radius 1 is 0.868 bits per heavy atom. The van der Waals surface area contributed by atoms with Crippen LogP contribution in [0.2, 0.25) is 0 Å². The molecule has 14 heteroatoms. The molecule has 11 nitrogen and oxygen atoms in total. The first kappa shape index (κ1) is 33.5. The Kier molecular flexibility index (Phi) is 12.9. The van der Waals surface area contributed by atoms with Gasteiger partial charge in [0, 0.05) is 0 Å². The number of aliphatic carboxylic acids is 1. The molecule has 0 bridgehead atoms. The zero-order valence-electron chi connectivity index (χ0n) is 22.4. The monoisotopic (exact) mass is 524 g/mol. The molecule has 0 amide bonds. The number of carbonyl (C=O) groups is 2. The normalized spacial score (nSPS) is 16.7. The van der Waals surface area contributed by atoms with Crippen LogP contribution < -0.4 is 39.3 Å². The van der Waals surface area contributed by atoms with Crippen molar-refractivity contribution in [3.05, 3.63) is 46.5 Å². The second-order valence-electron chi connectivity index (χ2n) is 8.46. The molecule has 0 radical (unpaired) electrons. The van der Waals surface area contributed by atoms with Crippen LogP contribution in [-0.2, 0) is 23.6 Å². The quantitative estimate of drug-likeness (QED) is 0.265. The van der Waals surface area contributed by atoms with Gasteiger partial charge < -0.3 is 44.2 Å². The zero-order valence-corrected chi connectivity index (χ0v) is 22.4. The standard InChI is InChI=1S/C13H17BO5.C11H13BO5.Li.H2O/c1-4-18-12(15)7-11-13-8(2)5-9(17-3)6-10(13)14(16)19-11;1-6-3-7(16-2)4-8-11(6)9(5-10(13)14)17-12(8)15;;/h5-6,11,16H,4,7H2,1-3H3;3-4,9,15H,5H2,1-2H3,(H,13,14);;1H2/q;;+1;/p-1.